The number of fused-ring (bicyclic) bond motifs is 1. The van der Waals surface area contributed by atoms with Gasteiger partial charge in [-0.2, -0.15) is 17.6 Å². The number of ether oxygens (including phenoxy) is 3. The standard InChI is InChI=1S/C31H25F5N4O4/c1-42-13-12-40-25-15-20(30(41)43-2)8-10-24(25)37-27(40)16-18-6-7-19(14-22(18)32)23-4-3-5-28(38-23)44-17-21-9-11-26(31(34,35)36)39-29(21)33/h3-11,14-15H,12-13,16-17H2,1-2H3. The summed E-state index contributed by atoms with van der Waals surface area (Å²) in [5.41, 5.74) is 1.33. The zero-order chi connectivity index (χ0) is 31.4. The fraction of sp³-hybridized carbons (Fsp3) is 0.226. The second kappa shape index (κ2) is 12.8. The van der Waals surface area contributed by atoms with E-state index in [2.05, 4.69) is 15.0 Å². The molecule has 0 bridgehead atoms. The van der Waals surface area contributed by atoms with E-state index in [1.807, 2.05) is 4.57 Å². The van der Waals surface area contributed by atoms with E-state index >= 15 is 4.39 Å². The molecular formula is C31H25F5N4O4. The molecular weight excluding hydrogens is 587 g/mol. The second-order valence-electron chi connectivity index (χ2n) is 9.64. The molecule has 0 saturated heterocycles. The van der Waals surface area contributed by atoms with Gasteiger partial charge in [0, 0.05) is 37.3 Å². The van der Waals surface area contributed by atoms with Crippen LogP contribution in [-0.4, -0.2) is 46.3 Å². The molecule has 0 aliphatic rings. The second-order valence-corrected chi connectivity index (χ2v) is 9.64. The van der Waals surface area contributed by atoms with Crippen molar-refractivity contribution in [1.82, 2.24) is 19.5 Å². The van der Waals surface area contributed by atoms with Gasteiger partial charge in [-0.15, -0.1) is 0 Å². The summed E-state index contributed by atoms with van der Waals surface area (Å²) < 4.78 is 85.2. The summed E-state index contributed by atoms with van der Waals surface area (Å²) >= 11 is 0. The molecule has 0 unspecified atom stereocenters. The molecule has 5 aromatic rings. The van der Waals surface area contributed by atoms with E-state index < -0.39 is 36.2 Å². The van der Waals surface area contributed by atoms with Crippen LogP contribution in [0.4, 0.5) is 22.0 Å². The van der Waals surface area contributed by atoms with Crippen molar-refractivity contribution in [2.75, 3.05) is 20.8 Å². The number of imidazole rings is 1. The van der Waals surface area contributed by atoms with Crippen LogP contribution in [0.1, 0.15) is 33.0 Å². The lowest BCUT2D eigenvalue weighted by Gasteiger charge is -2.11. The lowest BCUT2D eigenvalue weighted by Crippen LogP contribution is -2.11. The predicted octanol–water partition coefficient (Wildman–Crippen LogP) is 6.39. The molecule has 0 aliphatic heterocycles. The van der Waals surface area contributed by atoms with E-state index in [-0.39, 0.29) is 17.9 Å². The Bertz CT molecular complexity index is 1820. The number of carbonyl (C=O) groups excluding carboxylic acids is 1. The van der Waals surface area contributed by atoms with Gasteiger partial charge in [0.25, 0.3) is 0 Å². The highest BCUT2D eigenvalue weighted by Gasteiger charge is 2.33. The van der Waals surface area contributed by atoms with Crippen LogP contribution in [-0.2, 0) is 35.2 Å². The van der Waals surface area contributed by atoms with Gasteiger partial charge in [0.15, 0.2) is 0 Å². The van der Waals surface area contributed by atoms with Crippen LogP contribution < -0.4 is 4.74 Å². The van der Waals surface area contributed by atoms with Crippen molar-refractivity contribution < 1.29 is 41.0 Å². The first-order valence-electron chi connectivity index (χ1n) is 13.2. The zero-order valence-corrected chi connectivity index (χ0v) is 23.5. The third kappa shape index (κ3) is 6.67. The number of alkyl halides is 3. The number of hydrogen-bond acceptors (Lipinski definition) is 7. The number of methoxy groups -OCH3 is 2. The molecule has 0 fully saturated rings. The molecule has 8 nitrogen and oxygen atoms in total. The number of nitrogens with zero attached hydrogens (tertiary/aromatic N) is 4. The van der Waals surface area contributed by atoms with Crippen LogP contribution in [0.15, 0.2) is 66.7 Å². The van der Waals surface area contributed by atoms with Gasteiger partial charge in [-0.3, -0.25) is 0 Å². The normalized spacial score (nSPS) is 11.6. The van der Waals surface area contributed by atoms with Gasteiger partial charge in [-0.25, -0.2) is 24.1 Å². The summed E-state index contributed by atoms with van der Waals surface area (Å²) in [7, 11) is 2.86. The largest absolute Gasteiger partial charge is 0.473 e. The number of esters is 1. The Kier molecular flexibility index (Phi) is 8.86. The summed E-state index contributed by atoms with van der Waals surface area (Å²) in [6.45, 7) is 0.385. The molecule has 3 heterocycles. The molecule has 13 heteroatoms. The van der Waals surface area contributed by atoms with Gasteiger partial charge in [-0.1, -0.05) is 18.2 Å². The predicted molar refractivity (Wildman–Crippen MR) is 149 cm³/mol. The molecule has 0 spiro atoms. The van der Waals surface area contributed by atoms with Gasteiger partial charge in [0.2, 0.25) is 11.8 Å². The van der Waals surface area contributed by atoms with Crippen molar-refractivity contribution in [3.63, 3.8) is 0 Å². The molecule has 0 saturated carbocycles. The molecule has 2 aromatic carbocycles. The fourth-order valence-electron chi connectivity index (χ4n) is 4.54. The molecule has 0 atom stereocenters. The monoisotopic (exact) mass is 612 g/mol. The van der Waals surface area contributed by atoms with E-state index in [4.69, 9.17) is 14.2 Å². The average Bonchev–Trinajstić information content (AvgIpc) is 3.35. The van der Waals surface area contributed by atoms with Crippen molar-refractivity contribution in [3.05, 3.63) is 107 Å². The minimum atomic E-state index is -4.77. The first-order chi connectivity index (χ1) is 21.1. The minimum Gasteiger partial charge on any atom is -0.473 e. The van der Waals surface area contributed by atoms with E-state index in [0.29, 0.717) is 58.5 Å². The quantitative estimate of drug-likeness (QED) is 0.103. The molecule has 5 rings (SSSR count). The first-order valence-corrected chi connectivity index (χ1v) is 13.2. The Morgan fingerprint density at radius 1 is 0.909 bits per heavy atom. The van der Waals surface area contributed by atoms with Crippen LogP contribution in [0.2, 0.25) is 0 Å². The fourth-order valence-corrected chi connectivity index (χ4v) is 4.54. The number of hydrogen-bond donors (Lipinski definition) is 0. The Morgan fingerprint density at radius 2 is 1.70 bits per heavy atom. The number of pyridine rings is 2. The van der Waals surface area contributed by atoms with Crippen LogP contribution >= 0.6 is 0 Å². The number of aromatic nitrogens is 4. The van der Waals surface area contributed by atoms with Gasteiger partial charge in [-0.05, 0) is 48.0 Å². The maximum atomic E-state index is 15.4. The van der Waals surface area contributed by atoms with Crippen LogP contribution in [0.25, 0.3) is 22.3 Å². The SMILES string of the molecule is COCCn1c(Cc2ccc(-c3cccc(OCc4ccc(C(F)(F)F)nc4F)n3)cc2F)nc2ccc(C(=O)OC)cc21. The van der Waals surface area contributed by atoms with Crippen LogP contribution in [0.3, 0.4) is 0 Å². The molecule has 0 radical (unpaired) electrons. The van der Waals surface area contributed by atoms with Crippen molar-refractivity contribution >= 4 is 17.0 Å². The Morgan fingerprint density at radius 3 is 2.41 bits per heavy atom. The number of benzene rings is 2. The van der Waals surface area contributed by atoms with Gasteiger partial charge in [0.05, 0.1) is 36.0 Å². The van der Waals surface area contributed by atoms with Crippen molar-refractivity contribution in [2.45, 2.75) is 25.7 Å². The van der Waals surface area contributed by atoms with Gasteiger partial charge < -0.3 is 18.8 Å². The lowest BCUT2D eigenvalue weighted by molar-refractivity contribution is -0.141. The number of halogens is 5. The maximum absolute atomic E-state index is 15.4. The third-order valence-corrected chi connectivity index (χ3v) is 6.78. The molecule has 228 valence electrons. The summed E-state index contributed by atoms with van der Waals surface area (Å²) in [6.07, 6.45) is -4.61. The van der Waals surface area contributed by atoms with Gasteiger partial charge >= 0.3 is 12.1 Å². The van der Waals surface area contributed by atoms with Crippen LogP contribution in [0, 0.1) is 11.8 Å². The Labute approximate surface area is 248 Å². The zero-order valence-electron chi connectivity index (χ0n) is 23.5. The highest BCUT2D eigenvalue weighted by Crippen LogP contribution is 2.29. The maximum Gasteiger partial charge on any atom is 0.433 e. The Balaban J connectivity index is 1.35. The molecule has 0 N–H and O–H groups in total. The topological polar surface area (TPSA) is 88.4 Å². The summed E-state index contributed by atoms with van der Waals surface area (Å²) in [6, 6.07) is 15.9. The van der Waals surface area contributed by atoms with Crippen LogP contribution in [0.5, 0.6) is 5.88 Å². The van der Waals surface area contributed by atoms with E-state index in [1.165, 1.54) is 19.2 Å². The molecule has 0 aliphatic carbocycles. The minimum absolute atomic E-state index is 0.0597. The van der Waals surface area contributed by atoms with Crippen molar-refractivity contribution in [2.24, 2.45) is 0 Å². The molecule has 0 amide bonds. The summed E-state index contributed by atoms with van der Waals surface area (Å²) in [5.74, 6) is -1.66. The molecule has 3 aromatic heterocycles. The van der Waals surface area contributed by atoms with Crippen molar-refractivity contribution in [1.29, 1.82) is 0 Å². The summed E-state index contributed by atoms with van der Waals surface area (Å²) in [4.78, 5) is 24.0. The molecule has 44 heavy (non-hydrogen) atoms. The number of rotatable bonds is 10. The Hall–Kier alpha value is -4.91. The van der Waals surface area contributed by atoms with Gasteiger partial charge in [0.1, 0.15) is 23.9 Å². The summed E-state index contributed by atoms with van der Waals surface area (Å²) in [5, 5.41) is 0. The van der Waals surface area contributed by atoms with Crippen molar-refractivity contribution in [3.8, 4) is 17.1 Å². The van der Waals surface area contributed by atoms with E-state index in [9.17, 15) is 22.4 Å². The smallest absolute Gasteiger partial charge is 0.433 e. The average molecular weight is 613 g/mol. The highest BCUT2D eigenvalue weighted by atomic mass is 19.4. The number of carbonyl (C=O) groups is 1. The first kappa shape index (κ1) is 30.5. The highest BCUT2D eigenvalue weighted by molar-refractivity contribution is 5.93. The van der Waals surface area contributed by atoms with E-state index in [1.54, 1.807) is 49.6 Å². The van der Waals surface area contributed by atoms with E-state index in [0.717, 1.165) is 6.07 Å². The third-order valence-electron chi connectivity index (χ3n) is 6.78. The lowest BCUT2D eigenvalue weighted by atomic mass is 10.1.